The zero-order valence-corrected chi connectivity index (χ0v) is 12.1. The second-order valence-electron chi connectivity index (χ2n) is 6.44. The molecule has 0 aromatic rings. The van der Waals surface area contributed by atoms with Gasteiger partial charge in [-0.15, -0.1) is 0 Å². The van der Waals surface area contributed by atoms with E-state index in [0.717, 1.165) is 12.8 Å². The zero-order valence-electron chi connectivity index (χ0n) is 12.1. The number of aliphatic hydroxyl groups excluding tert-OH is 1. The monoisotopic (exact) mass is 256 g/mol. The number of allylic oxidation sites excluding steroid dienone is 2. The second kappa shape index (κ2) is 5.72. The van der Waals surface area contributed by atoms with Gasteiger partial charge in [-0.2, -0.15) is 0 Å². The van der Waals surface area contributed by atoms with Gasteiger partial charge in [0.2, 0.25) is 0 Å². The molecule has 1 aliphatic rings. The molecule has 0 aromatic carbocycles. The summed E-state index contributed by atoms with van der Waals surface area (Å²) in [5.74, 6) is 0.138. The van der Waals surface area contributed by atoms with Crippen LogP contribution in [0.2, 0.25) is 0 Å². The molecule has 1 saturated carbocycles. The second-order valence-corrected chi connectivity index (χ2v) is 6.44. The molecule has 3 N–H and O–H groups in total. The third-order valence-electron chi connectivity index (χ3n) is 4.40. The minimum atomic E-state index is -1.05. The van der Waals surface area contributed by atoms with Crippen molar-refractivity contribution in [2.24, 2.45) is 5.92 Å². The van der Waals surface area contributed by atoms with Crippen molar-refractivity contribution in [1.82, 2.24) is 0 Å². The molecule has 4 atom stereocenters. The van der Waals surface area contributed by atoms with Crippen molar-refractivity contribution in [2.45, 2.75) is 77.1 Å². The molecule has 106 valence electrons. The van der Waals surface area contributed by atoms with E-state index in [4.69, 9.17) is 0 Å². The Morgan fingerprint density at radius 1 is 1.33 bits per heavy atom. The maximum atomic E-state index is 10.6. The summed E-state index contributed by atoms with van der Waals surface area (Å²) >= 11 is 0. The van der Waals surface area contributed by atoms with E-state index in [2.05, 4.69) is 19.9 Å². The Labute approximate surface area is 111 Å². The topological polar surface area (TPSA) is 60.7 Å². The van der Waals surface area contributed by atoms with Gasteiger partial charge in [0.05, 0.1) is 17.3 Å². The number of hydrogen-bond donors (Lipinski definition) is 3. The van der Waals surface area contributed by atoms with Gasteiger partial charge in [-0.1, -0.05) is 18.6 Å². The smallest absolute Gasteiger partial charge is 0.0879 e. The van der Waals surface area contributed by atoms with Gasteiger partial charge in [-0.3, -0.25) is 0 Å². The van der Waals surface area contributed by atoms with Gasteiger partial charge in [-0.05, 0) is 52.4 Å². The fourth-order valence-electron chi connectivity index (χ4n) is 2.63. The highest BCUT2D eigenvalue weighted by atomic mass is 16.3. The van der Waals surface area contributed by atoms with Crippen LogP contribution in [0.1, 0.15) is 59.8 Å². The minimum absolute atomic E-state index is 0.138. The lowest BCUT2D eigenvalue weighted by molar-refractivity contribution is -0.163. The van der Waals surface area contributed by atoms with Gasteiger partial charge in [-0.25, -0.2) is 0 Å². The van der Waals surface area contributed by atoms with Crippen molar-refractivity contribution in [3.63, 3.8) is 0 Å². The van der Waals surface area contributed by atoms with Crippen LogP contribution in [-0.2, 0) is 0 Å². The molecular formula is C15H28O3. The maximum Gasteiger partial charge on any atom is 0.0879 e. The summed E-state index contributed by atoms with van der Waals surface area (Å²) in [6.45, 7) is 7.82. The number of aliphatic hydroxyl groups is 3. The average Bonchev–Trinajstić information content (AvgIpc) is 2.24. The summed E-state index contributed by atoms with van der Waals surface area (Å²) in [5.41, 5.74) is -0.594. The molecule has 0 unspecified atom stereocenters. The predicted octanol–water partition coefficient (Wildman–Crippen LogP) is 2.40. The first-order chi connectivity index (χ1) is 8.17. The normalized spacial score (nSPS) is 38.3. The Morgan fingerprint density at radius 2 is 1.94 bits per heavy atom. The largest absolute Gasteiger partial charge is 0.390 e. The van der Waals surface area contributed by atoms with Crippen LogP contribution in [0.15, 0.2) is 11.6 Å². The molecule has 1 fully saturated rings. The van der Waals surface area contributed by atoms with Gasteiger partial charge in [0.1, 0.15) is 0 Å². The highest BCUT2D eigenvalue weighted by molar-refractivity contribution is 5.00. The van der Waals surface area contributed by atoms with Gasteiger partial charge in [0.15, 0.2) is 0 Å². The molecule has 3 heteroatoms. The van der Waals surface area contributed by atoms with Crippen molar-refractivity contribution >= 4 is 0 Å². The summed E-state index contributed by atoms with van der Waals surface area (Å²) in [4.78, 5) is 0. The van der Waals surface area contributed by atoms with Crippen molar-refractivity contribution in [3.05, 3.63) is 11.6 Å². The van der Waals surface area contributed by atoms with Gasteiger partial charge < -0.3 is 15.3 Å². The van der Waals surface area contributed by atoms with E-state index in [1.54, 1.807) is 6.92 Å². The Bertz CT molecular complexity index is 305. The van der Waals surface area contributed by atoms with Crippen molar-refractivity contribution in [2.75, 3.05) is 0 Å². The quantitative estimate of drug-likeness (QED) is 0.677. The van der Waals surface area contributed by atoms with E-state index >= 15 is 0 Å². The predicted molar refractivity (Wildman–Crippen MR) is 73.3 cm³/mol. The van der Waals surface area contributed by atoms with Crippen LogP contribution in [-0.4, -0.2) is 32.6 Å². The third kappa shape index (κ3) is 3.81. The van der Waals surface area contributed by atoms with E-state index in [0.29, 0.717) is 12.8 Å². The highest BCUT2D eigenvalue weighted by Gasteiger charge is 2.46. The highest BCUT2D eigenvalue weighted by Crippen LogP contribution is 2.40. The molecule has 0 saturated heterocycles. The van der Waals surface area contributed by atoms with E-state index in [1.807, 2.05) is 6.92 Å². The molecular weight excluding hydrogens is 228 g/mol. The van der Waals surface area contributed by atoms with Crippen LogP contribution < -0.4 is 0 Å². The summed E-state index contributed by atoms with van der Waals surface area (Å²) < 4.78 is 0. The fraction of sp³-hybridized carbons (Fsp3) is 0.867. The van der Waals surface area contributed by atoms with E-state index < -0.39 is 17.3 Å². The molecule has 18 heavy (non-hydrogen) atoms. The van der Waals surface area contributed by atoms with E-state index in [-0.39, 0.29) is 12.3 Å². The van der Waals surface area contributed by atoms with Crippen LogP contribution in [0, 0.1) is 5.92 Å². The standard InChI is InChI=1S/C15H28O3/c1-11(2)6-5-7-12(3)15(18)9-8-14(4,17)13(16)10-15/h6,12-13,16-18H,5,7-10H2,1-4H3/t12-,13+,14-,15-/m1/s1. The van der Waals surface area contributed by atoms with Gasteiger partial charge in [0.25, 0.3) is 0 Å². The zero-order chi connectivity index (χ0) is 14.0. The van der Waals surface area contributed by atoms with E-state index in [9.17, 15) is 15.3 Å². The Kier molecular flexibility index (Phi) is 4.98. The van der Waals surface area contributed by atoms with Crippen molar-refractivity contribution in [1.29, 1.82) is 0 Å². The van der Waals surface area contributed by atoms with Crippen LogP contribution in [0.3, 0.4) is 0 Å². The minimum Gasteiger partial charge on any atom is -0.390 e. The SMILES string of the molecule is CC(C)=CCC[C@@H](C)[C@@]1(O)CC[C@@](C)(O)[C@@H](O)C1. The van der Waals surface area contributed by atoms with Crippen molar-refractivity contribution < 1.29 is 15.3 Å². The van der Waals surface area contributed by atoms with Crippen LogP contribution in [0.5, 0.6) is 0 Å². The van der Waals surface area contributed by atoms with Gasteiger partial charge in [0, 0.05) is 6.42 Å². The Morgan fingerprint density at radius 3 is 2.44 bits per heavy atom. The first kappa shape index (κ1) is 15.7. The van der Waals surface area contributed by atoms with E-state index in [1.165, 1.54) is 5.57 Å². The molecule has 0 aromatic heterocycles. The van der Waals surface area contributed by atoms with Crippen LogP contribution in [0.25, 0.3) is 0 Å². The third-order valence-corrected chi connectivity index (χ3v) is 4.40. The molecule has 3 nitrogen and oxygen atoms in total. The Balaban J connectivity index is 2.57. The Hall–Kier alpha value is -0.380. The summed E-state index contributed by atoms with van der Waals surface area (Å²) in [5, 5.41) is 30.5. The summed E-state index contributed by atoms with van der Waals surface area (Å²) in [6.07, 6.45) is 4.51. The lowest BCUT2D eigenvalue weighted by atomic mass is 9.69. The first-order valence-corrected chi connectivity index (χ1v) is 6.93. The number of rotatable bonds is 4. The van der Waals surface area contributed by atoms with Crippen LogP contribution in [0.4, 0.5) is 0 Å². The average molecular weight is 256 g/mol. The number of hydrogen-bond acceptors (Lipinski definition) is 3. The van der Waals surface area contributed by atoms with Crippen molar-refractivity contribution in [3.8, 4) is 0 Å². The molecule has 1 rings (SSSR count). The summed E-state index contributed by atoms with van der Waals surface area (Å²) in [6, 6.07) is 0. The molecule has 0 spiro atoms. The molecule has 0 radical (unpaired) electrons. The lowest BCUT2D eigenvalue weighted by Crippen LogP contribution is -2.53. The lowest BCUT2D eigenvalue weighted by Gasteiger charge is -2.45. The summed E-state index contributed by atoms with van der Waals surface area (Å²) in [7, 11) is 0. The first-order valence-electron chi connectivity index (χ1n) is 6.93. The van der Waals surface area contributed by atoms with Crippen LogP contribution >= 0.6 is 0 Å². The molecule has 0 heterocycles. The molecule has 0 bridgehead atoms. The molecule has 0 aliphatic heterocycles. The van der Waals surface area contributed by atoms with Gasteiger partial charge >= 0.3 is 0 Å². The maximum absolute atomic E-state index is 10.6. The fourth-order valence-corrected chi connectivity index (χ4v) is 2.63. The molecule has 1 aliphatic carbocycles. The molecule has 0 amide bonds.